The van der Waals surface area contributed by atoms with Gasteiger partial charge in [0.15, 0.2) is 0 Å². The molecule has 1 aromatic carbocycles. The van der Waals surface area contributed by atoms with Crippen molar-refractivity contribution in [2.75, 3.05) is 0 Å². The molecule has 0 aromatic heterocycles. The Morgan fingerprint density at radius 1 is 1.47 bits per heavy atom. The first-order valence-electron chi connectivity index (χ1n) is 5.26. The quantitative estimate of drug-likeness (QED) is 0.773. The minimum atomic E-state index is -0.272. The molecule has 0 bridgehead atoms. The zero-order chi connectivity index (χ0) is 10.8. The molecule has 0 saturated carbocycles. The van der Waals surface area contributed by atoms with Crippen LogP contribution in [0.3, 0.4) is 0 Å². The molecule has 3 nitrogen and oxygen atoms in total. The van der Waals surface area contributed by atoms with Gasteiger partial charge in [0.1, 0.15) is 11.9 Å². The maximum absolute atomic E-state index is 11.4. The molecule has 1 heterocycles. The lowest BCUT2D eigenvalue weighted by molar-refractivity contribution is 0.0364. The molecule has 1 aromatic rings. The third-order valence-corrected chi connectivity index (χ3v) is 2.67. The van der Waals surface area contributed by atoms with Gasteiger partial charge in [0.25, 0.3) is 0 Å². The molecule has 80 valence electrons. The smallest absolute Gasteiger partial charge is 0.339 e. The van der Waals surface area contributed by atoms with Gasteiger partial charge >= 0.3 is 5.97 Å². The fourth-order valence-electron chi connectivity index (χ4n) is 1.86. The second-order valence-corrected chi connectivity index (χ2v) is 3.81. The Labute approximate surface area is 88.7 Å². The summed E-state index contributed by atoms with van der Waals surface area (Å²) in [5.41, 5.74) is 1.42. The lowest BCUT2D eigenvalue weighted by atomic mass is 10.0. The van der Waals surface area contributed by atoms with Crippen molar-refractivity contribution in [2.45, 2.75) is 32.3 Å². The van der Waals surface area contributed by atoms with Crippen LogP contribution in [-0.2, 0) is 4.74 Å². The maximum Gasteiger partial charge on any atom is 0.339 e. The molecule has 0 fully saturated rings. The van der Waals surface area contributed by atoms with E-state index >= 15 is 0 Å². The maximum atomic E-state index is 11.4. The van der Waals surface area contributed by atoms with E-state index in [1.807, 2.05) is 0 Å². The van der Waals surface area contributed by atoms with Crippen LogP contribution >= 0.6 is 0 Å². The Balaban J connectivity index is 2.27. The zero-order valence-corrected chi connectivity index (χ0v) is 8.69. The van der Waals surface area contributed by atoms with E-state index in [2.05, 4.69) is 6.92 Å². The van der Waals surface area contributed by atoms with Crippen molar-refractivity contribution in [3.63, 3.8) is 0 Å². The number of fused-ring (bicyclic) bond motifs is 1. The number of ether oxygens (including phenoxy) is 1. The highest BCUT2D eigenvalue weighted by Gasteiger charge is 2.30. The topological polar surface area (TPSA) is 46.5 Å². The SMILES string of the molecule is CCCC[C@@H]1OC(=O)c2ccc(O)cc21. The summed E-state index contributed by atoms with van der Waals surface area (Å²) >= 11 is 0. The Bertz CT molecular complexity index is 384. The largest absolute Gasteiger partial charge is 0.508 e. The van der Waals surface area contributed by atoms with Crippen molar-refractivity contribution < 1.29 is 14.6 Å². The Morgan fingerprint density at radius 3 is 3.00 bits per heavy atom. The lowest BCUT2D eigenvalue weighted by Crippen LogP contribution is -1.98. The van der Waals surface area contributed by atoms with Crippen LogP contribution in [0, 0.1) is 0 Å². The number of carbonyl (C=O) groups excluding carboxylic acids is 1. The van der Waals surface area contributed by atoms with Gasteiger partial charge in [-0.3, -0.25) is 0 Å². The standard InChI is InChI=1S/C12H14O3/c1-2-3-4-11-10-7-8(13)5-6-9(10)12(14)15-11/h5-7,11,13H,2-4H2,1H3/t11-/m0/s1. The number of hydrogen-bond donors (Lipinski definition) is 1. The van der Waals surface area contributed by atoms with Crippen LogP contribution in [0.25, 0.3) is 0 Å². The third-order valence-electron chi connectivity index (χ3n) is 2.67. The van der Waals surface area contributed by atoms with E-state index in [4.69, 9.17) is 4.74 Å². The molecule has 1 N–H and O–H groups in total. The monoisotopic (exact) mass is 206 g/mol. The lowest BCUT2D eigenvalue weighted by Gasteiger charge is -2.09. The summed E-state index contributed by atoms with van der Waals surface area (Å²) in [7, 11) is 0. The number of esters is 1. The molecular formula is C12H14O3. The van der Waals surface area contributed by atoms with Crippen LogP contribution in [0.15, 0.2) is 18.2 Å². The average Bonchev–Trinajstić information content (AvgIpc) is 2.52. The summed E-state index contributed by atoms with van der Waals surface area (Å²) < 4.78 is 5.24. The average molecular weight is 206 g/mol. The van der Waals surface area contributed by atoms with E-state index in [9.17, 15) is 9.90 Å². The molecule has 0 spiro atoms. The second kappa shape index (κ2) is 3.93. The van der Waals surface area contributed by atoms with E-state index < -0.39 is 0 Å². The molecule has 0 aliphatic carbocycles. The molecule has 0 saturated heterocycles. The summed E-state index contributed by atoms with van der Waals surface area (Å²) in [5, 5.41) is 9.36. The van der Waals surface area contributed by atoms with E-state index in [0.717, 1.165) is 24.8 Å². The molecule has 0 radical (unpaired) electrons. The van der Waals surface area contributed by atoms with Gasteiger partial charge in [0.2, 0.25) is 0 Å². The number of hydrogen-bond acceptors (Lipinski definition) is 3. The van der Waals surface area contributed by atoms with Gasteiger partial charge in [-0.15, -0.1) is 0 Å². The number of cyclic esters (lactones) is 1. The summed E-state index contributed by atoms with van der Waals surface area (Å²) in [5.74, 6) is -0.0837. The number of carbonyl (C=O) groups is 1. The highest BCUT2D eigenvalue weighted by atomic mass is 16.5. The van der Waals surface area contributed by atoms with Gasteiger partial charge in [-0.2, -0.15) is 0 Å². The molecule has 2 rings (SSSR count). The number of benzene rings is 1. The van der Waals surface area contributed by atoms with E-state index in [1.54, 1.807) is 12.1 Å². The molecule has 0 amide bonds. The first-order chi connectivity index (χ1) is 7.22. The van der Waals surface area contributed by atoms with Crippen molar-refractivity contribution in [3.05, 3.63) is 29.3 Å². The number of aromatic hydroxyl groups is 1. The number of phenolic OH excluding ortho intramolecular Hbond substituents is 1. The molecule has 15 heavy (non-hydrogen) atoms. The summed E-state index contributed by atoms with van der Waals surface area (Å²) in [4.78, 5) is 11.4. The van der Waals surface area contributed by atoms with Gasteiger partial charge in [0, 0.05) is 5.56 Å². The third kappa shape index (κ3) is 1.82. The predicted octanol–water partition coefficient (Wildman–Crippen LogP) is 2.79. The van der Waals surface area contributed by atoms with Crippen molar-refractivity contribution in [1.29, 1.82) is 0 Å². The van der Waals surface area contributed by atoms with Crippen LogP contribution in [0.1, 0.15) is 48.2 Å². The van der Waals surface area contributed by atoms with Crippen LogP contribution in [0.4, 0.5) is 0 Å². The van der Waals surface area contributed by atoms with E-state index in [1.165, 1.54) is 6.07 Å². The minimum Gasteiger partial charge on any atom is -0.508 e. The van der Waals surface area contributed by atoms with Crippen molar-refractivity contribution in [2.24, 2.45) is 0 Å². The van der Waals surface area contributed by atoms with Gasteiger partial charge in [-0.25, -0.2) is 4.79 Å². The molecule has 1 atom stereocenters. The van der Waals surface area contributed by atoms with E-state index in [-0.39, 0.29) is 17.8 Å². The first kappa shape index (κ1) is 10.0. The molecule has 1 aliphatic heterocycles. The number of rotatable bonds is 3. The van der Waals surface area contributed by atoms with Gasteiger partial charge in [0.05, 0.1) is 5.56 Å². The predicted molar refractivity (Wildman–Crippen MR) is 55.8 cm³/mol. The highest BCUT2D eigenvalue weighted by Crippen LogP contribution is 2.35. The Kier molecular flexibility index (Phi) is 2.62. The minimum absolute atomic E-state index is 0.167. The Morgan fingerprint density at radius 2 is 2.27 bits per heavy atom. The summed E-state index contributed by atoms with van der Waals surface area (Å²) in [6.07, 6.45) is 2.76. The van der Waals surface area contributed by atoms with Crippen LogP contribution in [0.5, 0.6) is 5.75 Å². The van der Waals surface area contributed by atoms with Crippen LogP contribution < -0.4 is 0 Å². The number of phenols is 1. The van der Waals surface area contributed by atoms with Gasteiger partial charge < -0.3 is 9.84 Å². The van der Waals surface area contributed by atoms with Crippen molar-refractivity contribution in [1.82, 2.24) is 0 Å². The van der Waals surface area contributed by atoms with Crippen LogP contribution in [-0.4, -0.2) is 11.1 Å². The Hall–Kier alpha value is -1.51. The highest BCUT2D eigenvalue weighted by molar-refractivity contribution is 5.94. The van der Waals surface area contributed by atoms with Crippen molar-refractivity contribution in [3.8, 4) is 5.75 Å². The fraction of sp³-hybridized carbons (Fsp3) is 0.417. The second-order valence-electron chi connectivity index (χ2n) is 3.81. The zero-order valence-electron chi connectivity index (χ0n) is 8.69. The normalized spacial score (nSPS) is 18.7. The van der Waals surface area contributed by atoms with Crippen molar-refractivity contribution >= 4 is 5.97 Å². The first-order valence-corrected chi connectivity index (χ1v) is 5.26. The van der Waals surface area contributed by atoms with Gasteiger partial charge in [-0.05, 0) is 31.0 Å². The van der Waals surface area contributed by atoms with E-state index in [0.29, 0.717) is 5.56 Å². The molecule has 0 unspecified atom stereocenters. The van der Waals surface area contributed by atoms with Crippen LogP contribution in [0.2, 0.25) is 0 Å². The summed E-state index contributed by atoms with van der Waals surface area (Å²) in [6.45, 7) is 2.10. The summed E-state index contributed by atoms with van der Waals surface area (Å²) in [6, 6.07) is 4.77. The molecule has 1 aliphatic rings. The number of unbranched alkanes of at least 4 members (excludes halogenated alkanes) is 1. The van der Waals surface area contributed by atoms with Gasteiger partial charge in [-0.1, -0.05) is 13.3 Å². The fourth-order valence-corrected chi connectivity index (χ4v) is 1.86. The molecule has 3 heteroatoms. The molecular weight excluding hydrogens is 192 g/mol.